The number of thiophene rings is 1. The van der Waals surface area contributed by atoms with E-state index in [2.05, 4.69) is 0 Å². The molecule has 1 aromatic heterocycles. The number of thioether (sulfide) groups is 1. The van der Waals surface area contributed by atoms with E-state index in [1.807, 2.05) is 5.38 Å². The summed E-state index contributed by atoms with van der Waals surface area (Å²) in [7, 11) is 0. The van der Waals surface area contributed by atoms with Gasteiger partial charge in [0.05, 0.1) is 11.4 Å². The van der Waals surface area contributed by atoms with Crippen LogP contribution in [0.1, 0.15) is 17.5 Å². The van der Waals surface area contributed by atoms with E-state index in [0.29, 0.717) is 15.5 Å². The van der Waals surface area contributed by atoms with Crippen molar-refractivity contribution >= 4 is 40.7 Å². The third kappa shape index (κ3) is 3.32. The molecule has 0 saturated heterocycles. The maximum atomic E-state index is 14.7. The Morgan fingerprint density at radius 2 is 1.89 bits per heavy atom. The molecular weight excluding hydrogens is 419 g/mol. The number of ether oxygens (including phenoxy) is 1. The summed E-state index contributed by atoms with van der Waals surface area (Å²) >= 11 is 8.61. The second-order valence-electron chi connectivity index (χ2n) is 6.19. The van der Waals surface area contributed by atoms with Crippen LogP contribution in [0.25, 0.3) is 0 Å². The summed E-state index contributed by atoms with van der Waals surface area (Å²) in [5.41, 5.74) is -0.601. The lowest BCUT2D eigenvalue weighted by Gasteiger charge is -2.37. The number of aliphatic hydroxyl groups is 1. The van der Waals surface area contributed by atoms with Gasteiger partial charge in [-0.3, -0.25) is 0 Å². The first-order valence-electron chi connectivity index (χ1n) is 8.37. The van der Waals surface area contributed by atoms with Gasteiger partial charge in [0.1, 0.15) is 16.5 Å². The van der Waals surface area contributed by atoms with Gasteiger partial charge in [-0.15, -0.1) is 0 Å². The summed E-state index contributed by atoms with van der Waals surface area (Å²) in [5, 5.41) is 14.8. The third-order valence-corrected chi connectivity index (χ3v) is 6.78. The molecule has 3 aromatic rings. The Kier molecular flexibility index (Phi) is 5.19. The summed E-state index contributed by atoms with van der Waals surface area (Å²) in [6.07, 6.45) is -0.0663. The molecule has 0 fully saturated rings. The molecule has 3 nitrogen and oxygen atoms in total. The fourth-order valence-corrected chi connectivity index (χ4v) is 4.98. The second-order valence-corrected chi connectivity index (χ2v) is 8.43. The minimum atomic E-state index is -1.42. The normalized spacial score (nSPS) is 19.6. The van der Waals surface area contributed by atoms with E-state index in [1.165, 1.54) is 17.4 Å². The van der Waals surface area contributed by atoms with Crippen molar-refractivity contribution in [3.05, 3.63) is 98.0 Å². The fourth-order valence-electron chi connectivity index (χ4n) is 3.16. The Bertz CT molecular complexity index is 1070. The summed E-state index contributed by atoms with van der Waals surface area (Å²) in [5.74, 6) is -1.38. The molecule has 1 aliphatic heterocycles. The van der Waals surface area contributed by atoms with Crippen molar-refractivity contribution in [1.29, 1.82) is 0 Å². The van der Waals surface area contributed by atoms with Crippen molar-refractivity contribution in [1.82, 2.24) is 0 Å². The zero-order chi connectivity index (χ0) is 19.7. The smallest absolute Gasteiger partial charge is 0.349 e. The Balaban J connectivity index is 1.80. The van der Waals surface area contributed by atoms with E-state index in [9.17, 15) is 14.3 Å². The van der Waals surface area contributed by atoms with Gasteiger partial charge >= 0.3 is 5.97 Å². The first-order chi connectivity index (χ1) is 13.5. The molecule has 1 aliphatic rings. The number of carbonyl (C=O) groups is 1. The average Bonchev–Trinajstić information content (AvgIpc) is 3.21. The molecule has 0 bridgehead atoms. The van der Waals surface area contributed by atoms with Crippen LogP contribution in [0.2, 0.25) is 5.02 Å². The zero-order valence-electron chi connectivity index (χ0n) is 14.4. The largest absolute Gasteiger partial charge is 0.511 e. The Hall–Kier alpha value is -2.28. The molecule has 142 valence electrons. The van der Waals surface area contributed by atoms with E-state index >= 15 is 0 Å². The van der Waals surface area contributed by atoms with Gasteiger partial charge in [0.15, 0.2) is 5.60 Å². The molecule has 1 atom stereocenters. The summed E-state index contributed by atoms with van der Waals surface area (Å²) in [6, 6.07) is 14.9. The van der Waals surface area contributed by atoms with Crippen LogP contribution in [0.4, 0.5) is 4.39 Å². The molecule has 4 rings (SSSR count). The Labute approximate surface area is 174 Å². The Morgan fingerprint density at radius 3 is 2.57 bits per heavy atom. The standard InChI is InChI=1S/C21H14ClFO3S2/c22-15-6-2-4-8-18(15)28-19-17(24)11-21(26-20(19)25,13-9-10-27-12-13)14-5-1-3-7-16(14)23/h1-10,12,24H,11H2. The van der Waals surface area contributed by atoms with Crippen molar-refractivity contribution < 1.29 is 19.0 Å². The molecule has 0 amide bonds. The molecule has 28 heavy (non-hydrogen) atoms. The van der Waals surface area contributed by atoms with Gasteiger partial charge < -0.3 is 9.84 Å². The lowest BCUT2D eigenvalue weighted by molar-refractivity contribution is -0.154. The van der Waals surface area contributed by atoms with Crippen LogP contribution in [-0.4, -0.2) is 11.1 Å². The highest BCUT2D eigenvalue weighted by molar-refractivity contribution is 8.04. The van der Waals surface area contributed by atoms with Crippen LogP contribution in [0.3, 0.4) is 0 Å². The van der Waals surface area contributed by atoms with Crippen molar-refractivity contribution in [2.24, 2.45) is 0 Å². The number of rotatable bonds is 4. The molecule has 0 saturated carbocycles. The molecule has 2 aromatic carbocycles. The first kappa shape index (κ1) is 19.1. The van der Waals surface area contributed by atoms with E-state index in [1.54, 1.807) is 53.9 Å². The number of cyclic esters (lactones) is 1. The highest BCUT2D eigenvalue weighted by Gasteiger charge is 2.47. The SMILES string of the molecule is O=C1OC(c2ccsc2)(c2ccccc2F)CC(O)=C1Sc1ccccc1Cl. The monoisotopic (exact) mass is 432 g/mol. The highest BCUT2D eigenvalue weighted by atomic mass is 35.5. The van der Waals surface area contributed by atoms with Crippen LogP contribution in [-0.2, 0) is 15.1 Å². The summed E-state index contributed by atoms with van der Waals surface area (Å²) in [4.78, 5) is 13.6. The summed E-state index contributed by atoms with van der Waals surface area (Å²) in [6.45, 7) is 0. The molecule has 1 unspecified atom stereocenters. The van der Waals surface area contributed by atoms with Crippen LogP contribution < -0.4 is 0 Å². The lowest BCUT2D eigenvalue weighted by atomic mass is 9.82. The van der Waals surface area contributed by atoms with Gasteiger partial charge in [0, 0.05) is 16.0 Å². The lowest BCUT2D eigenvalue weighted by Crippen LogP contribution is -2.39. The van der Waals surface area contributed by atoms with E-state index < -0.39 is 17.4 Å². The zero-order valence-corrected chi connectivity index (χ0v) is 16.8. The summed E-state index contributed by atoms with van der Waals surface area (Å²) < 4.78 is 20.5. The molecule has 7 heteroatoms. The van der Waals surface area contributed by atoms with Crippen molar-refractivity contribution in [2.75, 3.05) is 0 Å². The molecule has 0 radical (unpaired) electrons. The van der Waals surface area contributed by atoms with Gasteiger partial charge in [0.25, 0.3) is 0 Å². The van der Waals surface area contributed by atoms with Gasteiger partial charge in [-0.1, -0.05) is 53.7 Å². The first-order valence-corrected chi connectivity index (χ1v) is 10.5. The number of carbonyl (C=O) groups excluding carboxylic acids is 1. The topological polar surface area (TPSA) is 46.5 Å². The van der Waals surface area contributed by atoms with Crippen LogP contribution >= 0.6 is 34.7 Å². The molecular formula is C21H14ClFO3S2. The molecule has 1 N–H and O–H groups in total. The van der Waals surface area contributed by atoms with Gasteiger partial charge in [-0.05, 0) is 35.0 Å². The number of hydrogen-bond donors (Lipinski definition) is 1. The number of benzene rings is 2. The van der Waals surface area contributed by atoms with E-state index in [4.69, 9.17) is 16.3 Å². The Morgan fingerprint density at radius 1 is 1.14 bits per heavy atom. The van der Waals surface area contributed by atoms with Gasteiger partial charge in [-0.2, -0.15) is 11.3 Å². The maximum Gasteiger partial charge on any atom is 0.349 e. The molecule has 0 spiro atoms. The van der Waals surface area contributed by atoms with Crippen molar-refractivity contribution in [3.63, 3.8) is 0 Å². The van der Waals surface area contributed by atoms with Crippen molar-refractivity contribution in [3.8, 4) is 0 Å². The van der Waals surface area contributed by atoms with Crippen LogP contribution in [0.5, 0.6) is 0 Å². The molecule has 2 heterocycles. The van der Waals surface area contributed by atoms with Crippen molar-refractivity contribution in [2.45, 2.75) is 16.9 Å². The second kappa shape index (κ2) is 7.62. The average molecular weight is 433 g/mol. The number of hydrogen-bond acceptors (Lipinski definition) is 5. The number of aliphatic hydroxyl groups excluding tert-OH is 1. The van der Waals surface area contributed by atoms with Crippen LogP contribution in [0, 0.1) is 5.82 Å². The quantitative estimate of drug-likeness (QED) is 0.492. The van der Waals surface area contributed by atoms with E-state index in [-0.39, 0.29) is 22.6 Å². The fraction of sp³-hybridized carbons (Fsp3) is 0.0952. The highest BCUT2D eigenvalue weighted by Crippen LogP contribution is 2.48. The predicted molar refractivity (Wildman–Crippen MR) is 109 cm³/mol. The predicted octanol–water partition coefficient (Wildman–Crippen LogP) is 6.29. The number of esters is 1. The van der Waals surface area contributed by atoms with Crippen LogP contribution in [0.15, 0.2) is 80.9 Å². The third-order valence-electron chi connectivity index (χ3n) is 4.48. The minimum absolute atomic E-state index is 0.0512. The van der Waals surface area contributed by atoms with Gasteiger partial charge in [0.2, 0.25) is 0 Å². The van der Waals surface area contributed by atoms with E-state index in [0.717, 1.165) is 11.8 Å². The van der Waals surface area contributed by atoms with Gasteiger partial charge in [-0.25, -0.2) is 9.18 Å². The minimum Gasteiger partial charge on any atom is -0.511 e. The maximum absolute atomic E-state index is 14.7. The molecule has 0 aliphatic carbocycles. The number of halogens is 2.